The van der Waals surface area contributed by atoms with Crippen molar-refractivity contribution in [1.82, 2.24) is 0 Å². The van der Waals surface area contributed by atoms with E-state index < -0.39 is 26.1 Å². The molecule has 94 valence electrons. The average Bonchev–Trinajstić information content (AvgIpc) is 2.15. The van der Waals surface area contributed by atoms with Crippen molar-refractivity contribution >= 4 is 15.5 Å². The molecule has 1 N–H and O–H groups in total. The second-order valence-corrected chi connectivity index (χ2v) is 6.01. The Morgan fingerprint density at radius 2 is 2.00 bits per heavy atom. The molecule has 0 bridgehead atoms. The summed E-state index contributed by atoms with van der Waals surface area (Å²) in [6.07, 6.45) is -0.143. The molecule has 0 spiro atoms. The summed E-state index contributed by atoms with van der Waals surface area (Å²) in [6, 6.07) is 5.28. The molecule has 2 unspecified atom stereocenters. The van der Waals surface area contributed by atoms with Crippen LogP contribution >= 0.6 is 0 Å². The highest BCUT2D eigenvalue weighted by molar-refractivity contribution is 7.91. The lowest BCUT2D eigenvalue weighted by molar-refractivity contribution is -0.384. The lowest BCUT2D eigenvalue weighted by atomic mass is 10.1. The second kappa shape index (κ2) is 4.80. The molecule has 1 aromatic carbocycles. The Hall–Kier alpha value is -1.47. The standard InChI is InChI=1S/C10H13NO5S/c1-7(12)10(17(2,15)16)8-4-3-5-9(6-8)11(13)14/h3-7,10,12H,1-2H3. The maximum atomic E-state index is 11.5. The van der Waals surface area contributed by atoms with Gasteiger partial charge in [0.15, 0.2) is 9.84 Å². The maximum absolute atomic E-state index is 11.5. The normalized spacial score (nSPS) is 15.2. The van der Waals surface area contributed by atoms with Gasteiger partial charge in [0.1, 0.15) is 5.25 Å². The summed E-state index contributed by atoms with van der Waals surface area (Å²) >= 11 is 0. The first-order valence-electron chi connectivity index (χ1n) is 4.84. The van der Waals surface area contributed by atoms with Crippen molar-refractivity contribution in [2.75, 3.05) is 6.26 Å². The predicted octanol–water partition coefficient (Wildman–Crippen LogP) is 1.06. The van der Waals surface area contributed by atoms with Crippen molar-refractivity contribution in [3.8, 4) is 0 Å². The van der Waals surface area contributed by atoms with Crippen molar-refractivity contribution in [2.45, 2.75) is 18.3 Å². The number of nitro groups is 1. The van der Waals surface area contributed by atoms with E-state index in [1.165, 1.54) is 31.2 Å². The monoisotopic (exact) mass is 259 g/mol. The third-order valence-electron chi connectivity index (χ3n) is 2.31. The molecule has 0 saturated carbocycles. The van der Waals surface area contributed by atoms with Gasteiger partial charge >= 0.3 is 0 Å². The van der Waals surface area contributed by atoms with Crippen LogP contribution in [0.5, 0.6) is 0 Å². The van der Waals surface area contributed by atoms with Crippen molar-refractivity contribution in [3.63, 3.8) is 0 Å². The average molecular weight is 259 g/mol. The molecule has 1 aromatic rings. The van der Waals surface area contributed by atoms with Gasteiger partial charge in [-0.2, -0.15) is 0 Å². The Labute approximate surface area is 99.0 Å². The first-order chi connectivity index (χ1) is 7.73. The highest BCUT2D eigenvalue weighted by Crippen LogP contribution is 2.28. The molecule has 0 saturated heterocycles. The Morgan fingerprint density at radius 1 is 1.41 bits per heavy atom. The summed E-state index contributed by atoms with van der Waals surface area (Å²) in [4.78, 5) is 9.98. The van der Waals surface area contributed by atoms with E-state index in [1.54, 1.807) is 0 Å². The van der Waals surface area contributed by atoms with Gasteiger partial charge < -0.3 is 5.11 Å². The van der Waals surface area contributed by atoms with Crippen LogP contribution in [0.2, 0.25) is 0 Å². The van der Waals surface area contributed by atoms with Gasteiger partial charge in [-0.25, -0.2) is 8.42 Å². The van der Waals surface area contributed by atoms with Crippen LogP contribution in [0, 0.1) is 10.1 Å². The van der Waals surface area contributed by atoms with E-state index in [2.05, 4.69) is 0 Å². The van der Waals surface area contributed by atoms with Gasteiger partial charge in [0, 0.05) is 18.4 Å². The van der Waals surface area contributed by atoms with E-state index in [9.17, 15) is 23.6 Å². The van der Waals surface area contributed by atoms with Gasteiger partial charge in [0.2, 0.25) is 0 Å². The summed E-state index contributed by atoms with van der Waals surface area (Å²) in [5.41, 5.74) is 0.0218. The molecule has 0 aliphatic carbocycles. The molecule has 0 fully saturated rings. The molecular weight excluding hydrogens is 246 g/mol. The Kier molecular flexibility index (Phi) is 3.84. The molecule has 1 rings (SSSR count). The molecule has 0 aromatic heterocycles. The number of aliphatic hydroxyl groups excluding tert-OH is 1. The summed E-state index contributed by atoms with van der Waals surface area (Å²) in [7, 11) is -3.53. The van der Waals surface area contributed by atoms with Gasteiger partial charge in [0.25, 0.3) is 5.69 Å². The third-order valence-corrected chi connectivity index (χ3v) is 3.90. The predicted molar refractivity (Wildman–Crippen MR) is 62.4 cm³/mol. The summed E-state index contributed by atoms with van der Waals surface area (Å²) in [6.45, 7) is 1.34. The number of sulfone groups is 1. The fraction of sp³-hybridized carbons (Fsp3) is 0.400. The van der Waals surface area contributed by atoms with Crippen LogP contribution in [0.3, 0.4) is 0 Å². The quantitative estimate of drug-likeness (QED) is 0.644. The summed E-state index contributed by atoms with van der Waals surface area (Å²) in [5.74, 6) is 0. The lowest BCUT2D eigenvalue weighted by Crippen LogP contribution is -2.23. The largest absolute Gasteiger partial charge is 0.392 e. The zero-order valence-corrected chi connectivity index (χ0v) is 10.2. The van der Waals surface area contributed by atoms with Crippen LogP contribution in [0.15, 0.2) is 24.3 Å². The van der Waals surface area contributed by atoms with Crippen LogP contribution in [0.25, 0.3) is 0 Å². The molecule has 2 atom stereocenters. The zero-order chi connectivity index (χ0) is 13.2. The first kappa shape index (κ1) is 13.6. The van der Waals surface area contributed by atoms with E-state index in [-0.39, 0.29) is 11.3 Å². The van der Waals surface area contributed by atoms with Crippen LogP contribution in [-0.4, -0.2) is 30.8 Å². The Morgan fingerprint density at radius 3 is 2.41 bits per heavy atom. The van der Waals surface area contributed by atoms with Gasteiger partial charge in [-0.05, 0) is 12.5 Å². The minimum atomic E-state index is -3.53. The number of benzene rings is 1. The molecule has 0 radical (unpaired) electrons. The number of non-ortho nitro benzene ring substituents is 1. The Balaban J connectivity index is 3.30. The fourth-order valence-corrected chi connectivity index (χ4v) is 3.06. The molecule has 0 amide bonds. The molecular formula is C10H13NO5S. The number of nitro benzene ring substituents is 1. The number of rotatable bonds is 4. The topological polar surface area (TPSA) is 97.5 Å². The number of hydrogen-bond donors (Lipinski definition) is 1. The number of hydrogen-bond acceptors (Lipinski definition) is 5. The van der Waals surface area contributed by atoms with Gasteiger partial charge in [-0.15, -0.1) is 0 Å². The zero-order valence-electron chi connectivity index (χ0n) is 9.40. The first-order valence-corrected chi connectivity index (χ1v) is 6.80. The van der Waals surface area contributed by atoms with E-state index in [1.807, 2.05) is 0 Å². The van der Waals surface area contributed by atoms with Gasteiger partial charge in [-0.1, -0.05) is 12.1 Å². The Bertz CT molecular complexity index is 523. The van der Waals surface area contributed by atoms with E-state index >= 15 is 0 Å². The number of nitrogens with zero attached hydrogens (tertiary/aromatic N) is 1. The van der Waals surface area contributed by atoms with Crippen molar-refractivity contribution in [1.29, 1.82) is 0 Å². The smallest absolute Gasteiger partial charge is 0.269 e. The summed E-state index contributed by atoms with van der Waals surface area (Å²) < 4.78 is 23.0. The van der Waals surface area contributed by atoms with Crippen molar-refractivity contribution < 1.29 is 18.4 Å². The summed E-state index contributed by atoms with van der Waals surface area (Å²) in [5, 5.41) is 18.9. The molecule has 0 heterocycles. The second-order valence-electron chi connectivity index (χ2n) is 3.84. The van der Waals surface area contributed by atoms with E-state index in [0.717, 1.165) is 6.26 Å². The molecule has 0 aliphatic rings. The minimum absolute atomic E-state index is 0.197. The van der Waals surface area contributed by atoms with E-state index in [4.69, 9.17) is 0 Å². The molecule has 7 heteroatoms. The van der Waals surface area contributed by atoms with Crippen LogP contribution in [0.4, 0.5) is 5.69 Å². The maximum Gasteiger partial charge on any atom is 0.269 e. The van der Waals surface area contributed by atoms with Gasteiger partial charge in [0.05, 0.1) is 11.0 Å². The fourth-order valence-electron chi connectivity index (χ4n) is 1.70. The van der Waals surface area contributed by atoms with Crippen LogP contribution in [0.1, 0.15) is 17.7 Å². The lowest BCUT2D eigenvalue weighted by Gasteiger charge is -2.18. The van der Waals surface area contributed by atoms with Crippen molar-refractivity contribution in [3.05, 3.63) is 39.9 Å². The SMILES string of the molecule is CC(O)C(c1cccc([N+](=O)[O-])c1)S(C)(=O)=O. The number of aliphatic hydroxyl groups is 1. The highest BCUT2D eigenvalue weighted by atomic mass is 32.2. The minimum Gasteiger partial charge on any atom is -0.392 e. The van der Waals surface area contributed by atoms with Crippen molar-refractivity contribution in [2.24, 2.45) is 0 Å². The van der Waals surface area contributed by atoms with Gasteiger partial charge in [-0.3, -0.25) is 10.1 Å². The third kappa shape index (κ3) is 3.24. The van der Waals surface area contributed by atoms with Crippen LogP contribution in [-0.2, 0) is 9.84 Å². The highest BCUT2D eigenvalue weighted by Gasteiger charge is 2.28. The van der Waals surface area contributed by atoms with E-state index in [0.29, 0.717) is 0 Å². The molecule has 0 aliphatic heterocycles. The molecule has 6 nitrogen and oxygen atoms in total. The van der Waals surface area contributed by atoms with Crippen LogP contribution < -0.4 is 0 Å². The molecule has 17 heavy (non-hydrogen) atoms.